The largest absolute Gasteiger partial charge is 0.363 e. The van der Waals surface area contributed by atoms with Gasteiger partial charge in [0.1, 0.15) is 0 Å². The van der Waals surface area contributed by atoms with Gasteiger partial charge < -0.3 is 4.90 Å². The average molecular weight is 251 g/mol. The molecule has 94 valence electrons. The van der Waals surface area contributed by atoms with Gasteiger partial charge in [-0.1, -0.05) is 13.8 Å². The van der Waals surface area contributed by atoms with Crippen LogP contribution < -0.4 is 4.90 Å². The molecule has 0 aromatic carbocycles. The minimum Gasteiger partial charge on any atom is -0.363 e. The Hall–Kier alpha value is -0.830. The van der Waals surface area contributed by atoms with Crippen molar-refractivity contribution in [3.05, 3.63) is 17.0 Å². The summed E-state index contributed by atoms with van der Waals surface area (Å²) in [6.07, 6.45) is 4.85. The fourth-order valence-corrected chi connectivity index (χ4v) is 3.46. The van der Waals surface area contributed by atoms with E-state index in [4.69, 9.17) is 0 Å². The maximum absolute atomic E-state index is 10.7. The fraction of sp³-hybridized carbons (Fsp3) is 0.643. The van der Waals surface area contributed by atoms with E-state index in [1.165, 1.54) is 24.3 Å². The van der Waals surface area contributed by atoms with Crippen LogP contribution in [0.5, 0.6) is 0 Å². The van der Waals surface area contributed by atoms with Crippen molar-refractivity contribution in [3.8, 4) is 0 Å². The van der Waals surface area contributed by atoms with Crippen LogP contribution in [0.2, 0.25) is 0 Å². The minimum atomic E-state index is 0.795. The van der Waals surface area contributed by atoms with Gasteiger partial charge in [-0.25, -0.2) is 0 Å². The molecule has 0 saturated carbocycles. The highest BCUT2D eigenvalue weighted by atomic mass is 32.1. The minimum absolute atomic E-state index is 0.795. The summed E-state index contributed by atoms with van der Waals surface area (Å²) in [5.41, 5.74) is 0. The van der Waals surface area contributed by atoms with Crippen molar-refractivity contribution in [2.75, 3.05) is 18.0 Å². The number of hydrogen-bond donors (Lipinski definition) is 0. The van der Waals surface area contributed by atoms with Gasteiger partial charge in [-0.05, 0) is 43.2 Å². The zero-order valence-electron chi connectivity index (χ0n) is 10.7. The van der Waals surface area contributed by atoms with E-state index in [1.54, 1.807) is 11.3 Å². The second-order valence-corrected chi connectivity index (χ2v) is 6.31. The number of anilines is 1. The van der Waals surface area contributed by atoms with Crippen LogP contribution in [-0.2, 0) is 0 Å². The molecule has 2 nitrogen and oxygen atoms in total. The van der Waals surface area contributed by atoms with Gasteiger partial charge in [0.05, 0.1) is 9.88 Å². The second kappa shape index (κ2) is 5.67. The highest BCUT2D eigenvalue weighted by Crippen LogP contribution is 2.30. The Morgan fingerprint density at radius 3 is 2.82 bits per heavy atom. The maximum Gasteiger partial charge on any atom is 0.160 e. The molecule has 0 amide bonds. The molecule has 0 radical (unpaired) electrons. The molecule has 1 aromatic rings. The molecule has 1 fully saturated rings. The molecule has 0 spiro atoms. The Morgan fingerprint density at radius 2 is 2.18 bits per heavy atom. The quantitative estimate of drug-likeness (QED) is 0.761. The first kappa shape index (κ1) is 12.6. The van der Waals surface area contributed by atoms with Crippen LogP contribution in [0.1, 0.15) is 42.8 Å². The molecular weight excluding hydrogens is 230 g/mol. The third kappa shape index (κ3) is 3.09. The number of hydrogen-bond acceptors (Lipinski definition) is 3. The summed E-state index contributed by atoms with van der Waals surface area (Å²) in [5, 5.41) is 1.26. The van der Waals surface area contributed by atoms with Crippen LogP contribution in [0.25, 0.3) is 0 Å². The van der Waals surface area contributed by atoms with Gasteiger partial charge in [-0.2, -0.15) is 0 Å². The summed E-state index contributed by atoms with van der Waals surface area (Å²) in [6, 6.07) is 4.02. The summed E-state index contributed by atoms with van der Waals surface area (Å²) in [5.74, 6) is 1.66. The van der Waals surface area contributed by atoms with Gasteiger partial charge in [-0.15, -0.1) is 11.3 Å². The number of carbonyl (C=O) groups is 1. The van der Waals surface area contributed by atoms with E-state index in [0.717, 1.165) is 36.1 Å². The molecule has 2 rings (SSSR count). The zero-order valence-corrected chi connectivity index (χ0v) is 11.5. The van der Waals surface area contributed by atoms with E-state index in [-0.39, 0.29) is 0 Å². The van der Waals surface area contributed by atoms with Gasteiger partial charge in [0.15, 0.2) is 6.29 Å². The van der Waals surface area contributed by atoms with E-state index >= 15 is 0 Å². The number of carbonyl (C=O) groups excluding carboxylic acids is 1. The Bertz CT molecular complexity index is 372. The number of aldehydes is 1. The lowest BCUT2D eigenvalue weighted by atomic mass is 9.89. The van der Waals surface area contributed by atoms with Crippen molar-refractivity contribution in [2.24, 2.45) is 11.8 Å². The lowest BCUT2D eigenvalue weighted by Crippen LogP contribution is -2.23. The van der Waals surface area contributed by atoms with Crippen molar-refractivity contribution in [1.29, 1.82) is 0 Å². The lowest BCUT2D eigenvalue weighted by Gasteiger charge is -2.21. The first-order valence-electron chi connectivity index (χ1n) is 6.50. The first-order chi connectivity index (χ1) is 8.20. The van der Waals surface area contributed by atoms with E-state index in [9.17, 15) is 4.79 Å². The molecule has 3 heteroatoms. The molecule has 1 unspecified atom stereocenters. The van der Waals surface area contributed by atoms with Crippen LogP contribution in [0.3, 0.4) is 0 Å². The highest BCUT2D eigenvalue weighted by molar-refractivity contribution is 7.17. The molecule has 1 saturated heterocycles. The van der Waals surface area contributed by atoms with Crippen LogP contribution in [-0.4, -0.2) is 19.4 Å². The molecule has 0 N–H and O–H groups in total. The summed E-state index contributed by atoms with van der Waals surface area (Å²) in [7, 11) is 0. The monoisotopic (exact) mass is 251 g/mol. The number of nitrogens with zero attached hydrogens (tertiary/aromatic N) is 1. The van der Waals surface area contributed by atoms with Crippen LogP contribution >= 0.6 is 11.3 Å². The Morgan fingerprint density at radius 1 is 1.35 bits per heavy atom. The topological polar surface area (TPSA) is 20.3 Å². The predicted molar refractivity (Wildman–Crippen MR) is 74.1 cm³/mol. The number of thiophene rings is 1. The molecule has 2 heterocycles. The summed E-state index contributed by atoms with van der Waals surface area (Å²) in [6.45, 7) is 6.94. The van der Waals surface area contributed by atoms with Gasteiger partial charge >= 0.3 is 0 Å². The van der Waals surface area contributed by atoms with Crippen molar-refractivity contribution < 1.29 is 4.79 Å². The van der Waals surface area contributed by atoms with Crippen molar-refractivity contribution in [2.45, 2.75) is 33.1 Å². The number of rotatable bonds is 3. The molecule has 1 aliphatic heterocycles. The van der Waals surface area contributed by atoms with Gasteiger partial charge in [0, 0.05) is 13.1 Å². The summed E-state index contributed by atoms with van der Waals surface area (Å²) >= 11 is 1.62. The van der Waals surface area contributed by atoms with Crippen LogP contribution in [0.15, 0.2) is 12.1 Å². The Balaban J connectivity index is 2.00. The summed E-state index contributed by atoms with van der Waals surface area (Å²) < 4.78 is 0. The fourth-order valence-electron chi connectivity index (χ4n) is 2.58. The van der Waals surface area contributed by atoms with Crippen LogP contribution in [0, 0.1) is 11.8 Å². The molecule has 1 aliphatic rings. The van der Waals surface area contributed by atoms with E-state index in [2.05, 4.69) is 24.8 Å². The van der Waals surface area contributed by atoms with E-state index in [0.29, 0.717) is 0 Å². The Labute approximate surface area is 108 Å². The SMILES string of the molecule is CC(C)C1CCCN(c2ccc(C=O)s2)CC1. The normalized spacial score (nSPS) is 21.6. The average Bonchev–Trinajstić information content (AvgIpc) is 2.65. The molecule has 1 atom stereocenters. The van der Waals surface area contributed by atoms with Gasteiger partial charge in [-0.3, -0.25) is 4.79 Å². The predicted octanol–water partition coefficient (Wildman–Crippen LogP) is 3.82. The summed E-state index contributed by atoms with van der Waals surface area (Å²) in [4.78, 5) is 14.0. The van der Waals surface area contributed by atoms with E-state index in [1.807, 2.05) is 6.07 Å². The Kier molecular flexibility index (Phi) is 4.21. The molecule has 1 aromatic heterocycles. The molecule has 0 bridgehead atoms. The second-order valence-electron chi connectivity index (χ2n) is 5.22. The highest BCUT2D eigenvalue weighted by Gasteiger charge is 2.20. The van der Waals surface area contributed by atoms with Crippen molar-refractivity contribution in [1.82, 2.24) is 0 Å². The zero-order chi connectivity index (χ0) is 12.3. The third-order valence-electron chi connectivity index (χ3n) is 3.76. The lowest BCUT2D eigenvalue weighted by molar-refractivity contribution is 0.112. The smallest absolute Gasteiger partial charge is 0.160 e. The van der Waals surface area contributed by atoms with Crippen LogP contribution in [0.4, 0.5) is 5.00 Å². The van der Waals surface area contributed by atoms with E-state index < -0.39 is 0 Å². The standard InChI is InChI=1S/C14H21NOS/c1-11(2)12-4-3-8-15(9-7-12)14-6-5-13(10-16)17-14/h5-6,10-12H,3-4,7-9H2,1-2H3. The molecule has 17 heavy (non-hydrogen) atoms. The third-order valence-corrected chi connectivity index (χ3v) is 4.83. The van der Waals surface area contributed by atoms with Crippen molar-refractivity contribution >= 4 is 22.6 Å². The first-order valence-corrected chi connectivity index (χ1v) is 7.32. The molecular formula is C14H21NOS. The van der Waals surface area contributed by atoms with Gasteiger partial charge in [0.25, 0.3) is 0 Å². The van der Waals surface area contributed by atoms with Crippen molar-refractivity contribution in [3.63, 3.8) is 0 Å². The molecule has 0 aliphatic carbocycles. The van der Waals surface area contributed by atoms with Gasteiger partial charge in [0.2, 0.25) is 0 Å². The maximum atomic E-state index is 10.7.